The first-order chi connectivity index (χ1) is 6.14. The molecule has 0 saturated carbocycles. The SMILES string of the molecule is CSCCC1(C=O)CC(C)OC1C. The van der Waals surface area contributed by atoms with Crippen molar-refractivity contribution in [1.82, 2.24) is 0 Å². The van der Waals surface area contributed by atoms with E-state index in [4.69, 9.17) is 4.74 Å². The molecule has 0 aromatic heterocycles. The third kappa shape index (κ3) is 2.26. The van der Waals surface area contributed by atoms with Crippen molar-refractivity contribution < 1.29 is 9.53 Å². The number of carbonyl (C=O) groups is 1. The lowest BCUT2D eigenvalue weighted by Crippen LogP contribution is -2.31. The molecule has 0 aromatic rings. The monoisotopic (exact) mass is 202 g/mol. The Morgan fingerprint density at radius 2 is 2.31 bits per heavy atom. The molecule has 0 amide bonds. The van der Waals surface area contributed by atoms with Gasteiger partial charge in [-0.2, -0.15) is 11.8 Å². The fraction of sp³-hybridized carbons (Fsp3) is 0.900. The average molecular weight is 202 g/mol. The van der Waals surface area contributed by atoms with Gasteiger partial charge in [-0.05, 0) is 38.7 Å². The topological polar surface area (TPSA) is 26.3 Å². The van der Waals surface area contributed by atoms with Crippen molar-refractivity contribution in [1.29, 1.82) is 0 Å². The van der Waals surface area contributed by atoms with Crippen molar-refractivity contribution in [2.45, 2.75) is 38.9 Å². The van der Waals surface area contributed by atoms with E-state index in [1.807, 2.05) is 13.8 Å². The van der Waals surface area contributed by atoms with E-state index in [1.54, 1.807) is 11.8 Å². The van der Waals surface area contributed by atoms with Crippen LogP contribution in [0.1, 0.15) is 26.7 Å². The second kappa shape index (κ2) is 4.47. The summed E-state index contributed by atoms with van der Waals surface area (Å²) in [6, 6.07) is 0. The van der Waals surface area contributed by atoms with Gasteiger partial charge in [-0.25, -0.2) is 0 Å². The Kier molecular flexibility index (Phi) is 3.80. The predicted octanol–water partition coefficient (Wildman–Crippen LogP) is 2.12. The van der Waals surface area contributed by atoms with Crippen LogP contribution in [0, 0.1) is 5.41 Å². The Bertz CT molecular complexity index is 184. The molecule has 2 nitrogen and oxygen atoms in total. The molecular formula is C10H18O2S. The Hall–Kier alpha value is -0.0200. The summed E-state index contributed by atoms with van der Waals surface area (Å²) in [5.41, 5.74) is -0.206. The van der Waals surface area contributed by atoms with Gasteiger partial charge in [0.25, 0.3) is 0 Å². The first kappa shape index (κ1) is 11.1. The van der Waals surface area contributed by atoms with E-state index in [0.29, 0.717) is 0 Å². The van der Waals surface area contributed by atoms with Gasteiger partial charge in [-0.15, -0.1) is 0 Å². The number of carbonyl (C=O) groups excluding carboxylic acids is 1. The molecule has 0 aliphatic carbocycles. The summed E-state index contributed by atoms with van der Waals surface area (Å²) >= 11 is 1.79. The van der Waals surface area contributed by atoms with Crippen LogP contribution in [0.3, 0.4) is 0 Å². The lowest BCUT2D eigenvalue weighted by atomic mass is 9.79. The molecule has 1 saturated heterocycles. The van der Waals surface area contributed by atoms with Gasteiger partial charge >= 0.3 is 0 Å². The van der Waals surface area contributed by atoms with Crippen LogP contribution < -0.4 is 0 Å². The van der Waals surface area contributed by atoms with Crippen LogP contribution in [0.5, 0.6) is 0 Å². The third-order valence-corrected chi connectivity index (χ3v) is 3.53. The molecule has 0 spiro atoms. The van der Waals surface area contributed by atoms with E-state index in [-0.39, 0.29) is 17.6 Å². The van der Waals surface area contributed by atoms with Gasteiger partial charge in [-0.3, -0.25) is 0 Å². The van der Waals surface area contributed by atoms with Crippen molar-refractivity contribution in [2.75, 3.05) is 12.0 Å². The van der Waals surface area contributed by atoms with Gasteiger partial charge in [0.1, 0.15) is 6.29 Å². The Balaban J connectivity index is 2.63. The molecule has 76 valence electrons. The fourth-order valence-corrected chi connectivity index (χ4v) is 2.62. The molecule has 3 atom stereocenters. The molecule has 1 aliphatic heterocycles. The van der Waals surface area contributed by atoms with Gasteiger partial charge in [0.05, 0.1) is 17.6 Å². The van der Waals surface area contributed by atoms with Crippen molar-refractivity contribution >= 4 is 18.0 Å². The second-order valence-electron chi connectivity index (χ2n) is 3.89. The highest BCUT2D eigenvalue weighted by molar-refractivity contribution is 7.98. The van der Waals surface area contributed by atoms with E-state index < -0.39 is 0 Å². The van der Waals surface area contributed by atoms with Gasteiger partial charge in [0.15, 0.2) is 0 Å². The van der Waals surface area contributed by atoms with E-state index in [9.17, 15) is 4.79 Å². The lowest BCUT2D eigenvalue weighted by molar-refractivity contribution is -0.118. The molecule has 3 heteroatoms. The highest BCUT2D eigenvalue weighted by Crippen LogP contribution is 2.40. The fourth-order valence-electron chi connectivity index (χ4n) is 2.03. The zero-order valence-corrected chi connectivity index (χ0v) is 9.39. The minimum atomic E-state index is -0.206. The number of hydrogen-bond donors (Lipinski definition) is 0. The van der Waals surface area contributed by atoms with Crippen molar-refractivity contribution in [3.63, 3.8) is 0 Å². The van der Waals surface area contributed by atoms with Gasteiger partial charge < -0.3 is 9.53 Å². The molecular weight excluding hydrogens is 184 g/mol. The quantitative estimate of drug-likeness (QED) is 0.653. The van der Waals surface area contributed by atoms with Crippen molar-refractivity contribution in [3.05, 3.63) is 0 Å². The normalized spacial score (nSPS) is 39.3. The zero-order chi connectivity index (χ0) is 9.90. The highest BCUT2D eigenvalue weighted by atomic mass is 32.2. The molecule has 13 heavy (non-hydrogen) atoms. The summed E-state index contributed by atoms with van der Waals surface area (Å²) in [7, 11) is 0. The number of aldehydes is 1. The zero-order valence-electron chi connectivity index (χ0n) is 8.58. The number of thioether (sulfide) groups is 1. The average Bonchev–Trinajstić information content (AvgIpc) is 2.38. The summed E-state index contributed by atoms with van der Waals surface area (Å²) in [5.74, 6) is 1.04. The van der Waals surface area contributed by atoms with E-state index >= 15 is 0 Å². The van der Waals surface area contributed by atoms with E-state index in [1.165, 1.54) is 0 Å². The van der Waals surface area contributed by atoms with Crippen LogP contribution in [0.25, 0.3) is 0 Å². The summed E-state index contributed by atoms with van der Waals surface area (Å²) < 4.78 is 5.62. The maximum atomic E-state index is 11.1. The van der Waals surface area contributed by atoms with Crippen molar-refractivity contribution in [3.8, 4) is 0 Å². The Labute approximate surface area is 84.4 Å². The van der Waals surface area contributed by atoms with E-state index in [0.717, 1.165) is 24.9 Å². The van der Waals surface area contributed by atoms with Gasteiger partial charge in [0, 0.05) is 0 Å². The van der Waals surface area contributed by atoms with Crippen LogP contribution >= 0.6 is 11.8 Å². The van der Waals surface area contributed by atoms with Gasteiger partial charge in [-0.1, -0.05) is 0 Å². The van der Waals surface area contributed by atoms with Crippen LogP contribution in [-0.2, 0) is 9.53 Å². The molecule has 1 aliphatic rings. The minimum absolute atomic E-state index is 0.0900. The largest absolute Gasteiger partial charge is 0.374 e. The highest BCUT2D eigenvalue weighted by Gasteiger charge is 2.44. The molecule has 0 N–H and O–H groups in total. The lowest BCUT2D eigenvalue weighted by Gasteiger charge is -2.24. The van der Waals surface area contributed by atoms with Crippen LogP contribution in [0.4, 0.5) is 0 Å². The molecule has 0 radical (unpaired) electrons. The number of hydrogen-bond acceptors (Lipinski definition) is 3. The Morgan fingerprint density at radius 3 is 2.69 bits per heavy atom. The second-order valence-corrected chi connectivity index (χ2v) is 4.87. The maximum Gasteiger partial charge on any atom is 0.128 e. The van der Waals surface area contributed by atoms with Gasteiger partial charge in [0.2, 0.25) is 0 Å². The maximum absolute atomic E-state index is 11.1. The standard InChI is InChI=1S/C10H18O2S/c1-8-6-10(7-11,4-5-13-3)9(2)12-8/h7-9H,4-6H2,1-3H3. The molecule has 1 heterocycles. The third-order valence-electron chi connectivity index (χ3n) is 2.92. The first-order valence-corrected chi connectivity index (χ1v) is 6.15. The Morgan fingerprint density at radius 1 is 1.62 bits per heavy atom. The molecule has 1 fully saturated rings. The molecule has 0 aromatic carbocycles. The van der Waals surface area contributed by atoms with Crippen LogP contribution in [0.15, 0.2) is 0 Å². The summed E-state index contributed by atoms with van der Waals surface area (Å²) in [6.45, 7) is 4.05. The first-order valence-electron chi connectivity index (χ1n) is 4.75. The smallest absolute Gasteiger partial charge is 0.128 e. The van der Waals surface area contributed by atoms with Crippen molar-refractivity contribution in [2.24, 2.45) is 5.41 Å². The summed E-state index contributed by atoms with van der Waals surface area (Å²) in [6.07, 6.45) is 5.34. The van der Waals surface area contributed by atoms with E-state index in [2.05, 4.69) is 6.26 Å². The minimum Gasteiger partial charge on any atom is -0.374 e. The predicted molar refractivity (Wildman–Crippen MR) is 56.1 cm³/mol. The number of ether oxygens (including phenoxy) is 1. The summed E-state index contributed by atoms with van der Waals surface area (Å²) in [4.78, 5) is 11.1. The van der Waals surface area contributed by atoms with Crippen LogP contribution in [-0.4, -0.2) is 30.5 Å². The summed E-state index contributed by atoms with van der Waals surface area (Å²) in [5, 5.41) is 0. The molecule has 3 unspecified atom stereocenters. The number of rotatable bonds is 4. The van der Waals surface area contributed by atoms with Crippen LogP contribution in [0.2, 0.25) is 0 Å². The molecule has 0 bridgehead atoms. The molecule has 1 rings (SSSR count).